The Kier molecular flexibility index (Phi) is 3.83. The van der Waals surface area contributed by atoms with Gasteiger partial charge in [0.25, 0.3) is 0 Å². The van der Waals surface area contributed by atoms with Gasteiger partial charge in [-0.3, -0.25) is 0 Å². The predicted molar refractivity (Wildman–Crippen MR) is 63.5 cm³/mol. The van der Waals surface area contributed by atoms with Gasteiger partial charge in [-0.05, 0) is 43.4 Å². The topological polar surface area (TPSA) is 9.23 Å². The summed E-state index contributed by atoms with van der Waals surface area (Å²) < 4.78 is 44.7. The molecule has 0 aliphatic heterocycles. The van der Waals surface area contributed by atoms with E-state index < -0.39 is 11.7 Å². The van der Waals surface area contributed by atoms with E-state index in [1.54, 1.807) is 12.1 Å². The first-order chi connectivity index (χ1) is 8.46. The molecule has 1 fully saturated rings. The first kappa shape index (κ1) is 13.2. The van der Waals surface area contributed by atoms with Crippen molar-refractivity contribution in [1.82, 2.24) is 0 Å². The van der Waals surface area contributed by atoms with E-state index in [4.69, 9.17) is 4.74 Å². The molecule has 0 unspecified atom stereocenters. The average Bonchev–Trinajstić information content (AvgIpc) is 2.32. The van der Waals surface area contributed by atoms with Crippen molar-refractivity contribution in [2.45, 2.75) is 38.5 Å². The molecule has 1 aromatic rings. The van der Waals surface area contributed by atoms with Crippen molar-refractivity contribution in [3.8, 4) is 5.75 Å². The Morgan fingerprint density at radius 2 is 1.94 bits per heavy atom. The molecule has 1 aromatic carbocycles. The number of benzene rings is 1. The number of aryl methyl sites for hydroxylation is 1. The Morgan fingerprint density at radius 1 is 1.28 bits per heavy atom. The number of hydrogen-bond donors (Lipinski definition) is 0. The summed E-state index contributed by atoms with van der Waals surface area (Å²) in [6, 6.07) is 4.66. The van der Waals surface area contributed by atoms with E-state index in [9.17, 15) is 13.2 Å². The molecule has 4 heteroatoms. The van der Waals surface area contributed by atoms with Gasteiger partial charge in [-0.1, -0.05) is 6.07 Å². The Labute approximate surface area is 105 Å². The molecule has 0 atom stereocenters. The molecule has 18 heavy (non-hydrogen) atoms. The fourth-order valence-electron chi connectivity index (χ4n) is 2.20. The van der Waals surface area contributed by atoms with Crippen LogP contribution in [0.3, 0.4) is 0 Å². The molecule has 0 bridgehead atoms. The molecule has 100 valence electrons. The monoisotopic (exact) mass is 258 g/mol. The highest BCUT2D eigenvalue weighted by molar-refractivity contribution is 5.29. The fraction of sp³-hybridized carbons (Fsp3) is 0.571. The SMILES string of the molecule is Cc1ccc(F)c(OCC2CCC(F)(F)CC2)c1. The summed E-state index contributed by atoms with van der Waals surface area (Å²) in [5.41, 5.74) is 0.918. The normalized spacial score (nSPS) is 19.8. The van der Waals surface area contributed by atoms with Crippen LogP contribution < -0.4 is 4.74 Å². The van der Waals surface area contributed by atoms with Crippen molar-refractivity contribution in [2.24, 2.45) is 5.92 Å². The third-order valence-corrected chi connectivity index (χ3v) is 3.40. The zero-order valence-corrected chi connectivity index (χ0v) is 10.4. The Balaban J connectivity index is 1.87. The minimum atomic E-state index is -2.52. The van der Waals surface area contributed by atoms with Crippen LogP contribution in [-0.2, 0) is 0 Å². The second-order valence-corrected chi connectivity index (χ2v) is 5.04. The Morgan fingerprint density at radius 3 is 2.61 bits per heavy atom. The van der Waals surface area contributed by atoms with Gasteiger partial charge in [-0.25, -0.2) is 13.2 Å². The lowest BCUT2D eigenvalue weighted by atomic mass is 9.87. The van der Waals surface area contributed by atoms with Gasteiger partial charge in [0, 0.05) is 12.8 Å². The summed E-state index contributed by atoms with van der Waals surface area (Å²) in [5.74, 6) is -2.61. The lowest BCUT2D eigenvalue weighted by Gasteiger charge is -2.28. The molecule has 0 saturated heterocycles. The van der Waals surface area contributed by atoms with E-state index in [1.165, 1.54) is 6.07 Å². The largest absolute Gasteiger partial charge is 0.490 e. The number of rotatable bonds is 3. The van der Waals surface area contributed by atoms with E-state index in [0.717, 1.165) is 5.56 Å². The second kappa shape index (κ2) is 5.21. The molecule has 0 radical (unpaired) electrons. The molecule has 0 spiro atoms. The van der Waals surface area contributed by atoms with Crippen molar-refractivity contribution in [2.75, 3.05) is 6.61 Å². The van der Waals surface area contributed by atoms with Crippen molar-refractivity contribution in [3.05, 3.63) is 29.6 Å². The number of halogens is 3. The quantitative estimate of drug-likeness (QED) is 0.783. The average molecular weight is 258 g/mol. The van der Waals surface area contributed by atoms with Gasteiger partial charge in [-0.2, -0.15) is 0 Å². The molecule has 0 amide bonds. The fourth-order valence-corrected chi connectivity index (χ4v) is 2.20. The molecule has 0 heterocycles. The summed E-state index contributed by atoms with van der Waals surface area (Å²) in [7, 11) is 0. The molecule has 0 aromatic heterocycles. The number of ether oxygens (including phenoxy) is 1. The summed E-state index contributed by atoms with van der Waals surface area (Å²) >= 11 is 0. The van der Waals surface area contributed by atoms with Gasteiger partial charge in [0.2, 0.25) is 5.92 Å². The van der Waals surface area contributed by atoms with E-state index in [0.29, 0.717) is 19.4 Å². The maximum atomic E-state index is 13.4. The van der Waals surface area contributed by atoms with Gasteiger partial charge in [-0.15, -0.1) is 0 Å². The molecule has 1 nitrogen and oxygen atoms in total. The highest BCUT2D eigenvalue weighted by atomic mass is 19.3. The molecule has 2 rings (SSSR count). The number of alkyl halides is 2. The molecule has 1 saturated carbocycles. The zero-order valence-electron chi connectivity index (χ0n) is 10.4. The second-order valence-electron chi connectivity index (χ2n) is 5.04. The highest BCUT2D eigenvalue weighted by Gasteiger charge is 2.35. The molecule has 1 aliphatic carbocycles. The van der Waals surface area contributed by atoms with Crippen LogP contribution in [0.5, 0.6) is 5.75 Å². The van der Waals surface area contributed by atoms with Crippen LogP contribution in [-0.4, -0.2) is 12.5 Å². The van der Waals surface area contributed by atoms with Crippen LogP contribution in [0.2, 0.25) is 0 Å². The van der Waals surface area contributed by atoms with Crippen molar-refractivity contribution in [1.29, 1.82) is 0 Å². The lowest BCUT2D eigenvalue weighted by Crippen LogP contribution is -2.27. The van der Waals surface area contributed by atoms with Gasteiger partial charge in [0.15, 0.2) is 11.6 Å². The maximum Gasteiger partial charge on any atom is 0.248 e. The van der Waals surface area contributed by atoms with E-state index >= 15 is 0 Å². The smallest absolute Gasteiger partial charge is 0.248 e. The van der Waals surface area contributed by atoms with E-state index in [-0.39, 0.29) is 24.5 Å². The van der Waals surface area contributed by atoms with E-state index in [1.807, 2.05) is 6.92 Å². The minimum Gasteiger partial charge on any atom is -0.490 e. The van der Waals surface area contributed by atoms with Gasteiger partial charge in [0.05, 0.1) is 6.61 Å². The zero-order chi connectivity index (χ0) is 13.2. The predicted octanol–water partition coefficient (Wildman–Crippen LogP) is 4.34. The van der Waals surface area contributed by atoms with Crippen molar-refractivity contribution < 1.29 is 17.9 Å². The first-order valence-corrected chi connectivity index (χ1v) is 6.23. The third kappa shape index (κ3) is 3.40. The van der Waals surface area contributed by atoms with E-state index in [2.05, 4.69) is 0 Å². The van der Waals surface area contributed by atoms with Gasteiger partial charge >= 0.3 is 0 Å². The van der Waals surface area contributed by atoms with Gasteiger partial charge in [0.1, 0.15) is 0 Å². The van der Waals surface area contributed by atoms with Crippen LogP contribution in [0, 0.1) is 18.7 Å². The Bertz CT molecular complexity index is 408. The highest BCUT2D eigenvalue weighted by Crippen LogP contribution is 2.36. The lowest BCUT2D eigenvalue weighted by molar-refractivity contribution is -0.0499. The van der Waals surface area contributed by atoms with Crippen molar-refractivity contribution in [3.63, 3.8) is 0 Å². The molecule has 0 N–H and O–H groups in total. The van der Waals surface area contributed by atoms with Crippen molar-refractivity contribution >= 4 is 0 Å². The number of hydrogen-bond acceptors (Lipinski definition) is 1. The minimum absolute atomic E-state index is 0.0860. The first-order valence-electron chi connectivity index (χ1n) is 6.23. The van der Waals surface area contributed by atoms with Crippen LogP contribution in [0.1, 0.15) is 31.2 Å². The third-order valence-electron chi connectivity index (χ3n) is 3.40. The Hall–Kier alpha value is -1.19. The van der Waals surface area contributed by atoms with Crippen LogP contribution in [0.4, 0.5) is 13.2 Å². The molecule has 1 aliphatic rings. The summed E-state index contributed by atoms with van der Waals surface area (Å²) in [4.78, 5) is 0. The summed E-state index contributed by atoms with van der Waals surface area (Å²) in [6.07, 6.45) is 0.718. The molecular formula is C14H17F3O. The summed E-state index contributed by atoms with van der Waals surface area (Å²) in [6.45, 7) is 2.17. The van der Waals surface area contributed by atoms with Crippen LogP contribution in [0.15, 0.2) is 18.2 Å². The van der Waals surface area contributed by atoms with Gasteiger partial charge < -0.3 is 4.74 Å². The summed E-state index contributed by atoms with van der Waals surface area (Å²) in [5, 5.41) is 0. The standard InChI is InChI=1S/C14H17F3O/c1-10-2-3-12(15)13(8-10)18-9-11-4-6-14(16,17)7-5-11/h2-3,8,11H,4-7,9H2,1H3. The molecular weight excluding hydrogens is 241 g/mol. The van der Waals surface area contributed by atoms with Crippen LogP contribution in [0.25, 0.3) is 0 Å². The van der Waals surface area contributed by atoms with Crippen LogP contribution >= 0.6 is 0 Å². The maximum absolute atomic E-state index is 13.4.